The Balaban J connectivity index is 1.50. The molecule has 0 aromatic heterocycles. The summed E-state index contributed by atoms with van der Waals surface area (Å²) in [4.78, 5) is 27.6. The van der Waals surface area contributed by atoms with Crippen molar-refractivity contribution in [3.8, 4) is 0 Å². The van der Waals surface area contributed by atoms with Gasteiger partial charge in [0, 0.05) is 6.42 Å². The van der Waals surface area contributed by atoms with Crippen LogP contribution < -0.4 is 5.32 Å². The second-order valence-corrected chi connectivity index (χ2v) is 10.2. The number of carboxylic acids is 1. The van der Waals surface area contributed by atoms with Crippen molar-refractivity contribution in [2.45, 2.75) is 17.9 Å². The highest BCUT2D eigenvalue weighted by atomic mass is 16.4. The Morgan fingerprint density at radius 3 is 1.39 bits per heavy atom. The lowest BCUT2D eigenvalue weighted by Gasteiger charge is -2.35. The third kappa shape index (κ3) is 4.74. The highest BCUT2D eigenvalue weighted by Crippen LogP contribution is 2.40. The average Bonchev–Trinajstić information content (AvgIpc) is 3.02. The van der Waals surface area contributed by atoms with Crippen LogP contribution in [0, 0.1) is 0 Å². The first-order valence-electron chi connectivity index (χ1n) is 13.7. The van der Waals surface area contributed by atoms with Gasteiger partial charge in [0.05, 0.1) is 0 Å². The topological polar surface area (TPSA) is 66.4 Å². The van der Waals surface area contributed by atoms with Crippen LogP contribution in [-0.4, -0.2) is 23.0 Å². The van der Waals surface area contributed by atoms with Gasteiger partial charge < -0.3 is 10.4 Å². The van der Waals surface area contributed by atoms with Crippen LogP contribution in [0.5, 0.6) is 0 Å². The van der Waals surface area contributed by atoms with E-state index in [9.17, 15) is 14.7 Å². The monoisotopic (exact) mass is 535 g/mol. The number of carbonyl (C=O) groups is 2. The van der Waals surface area contributed by atoms with Crippen molar-refractivity contribution >= 4 is 33.4 Å². The van der Waals surface area contributed by atoms with Gasteiger partial charge in [-0.25, -0.2) is 4.79 Å². The number of hydrogen-bond acceptors (Lipinski definition) is 2. The van der Waals surface area contributed by atoms with E-state index < -0.39 is 23.3 Å². The molecule has 0 saturated carbocycles. The average molecular weight is 536 g/mol. The van der Waals surface area contributed by atoms with Crippen molar-refractivity contribution in [2.24, 2.45) is 0 Å². The summed E-state index contributed by atoms with van der Waals surface area (Å²) in [5, 5.41) is 17.5. The Kier molecular flexibility index (Phi) is 7.05. The van der Waals surface area contributed by atoms with Gasteiger partial charge in [-0.05, 0) is 49.9 Å². The van der Waals surface area contributed by atoms with Gasteiger partial charge in [0.1, 0.15) is 11.5 Å². The molecule has 0 unspecified atom stereocenters. The lowest BCUT2D eigenvalue weighted by atomic mass is 9.68. The number of aliphatic carboxylic acids is 1. The molecule has 1 amide bonds. The SMILES string of the molecule is O=C(O)[C@@H](Cc1c2ccccc2cc2ccccc12)NC(=O)C(c1ccccc1)(c1ccccc1)c1ccccc1. The molecule has 200 valence electrons. The molecule has 6 aromatic rings. The first kappa shape index (κ1) is 26.0. The summed E-state index contributed by atoms with van der Waals surface area (Å²) < 4.78 is 0. The van der Waals surface area contributed by atoms with Crippen molar-refractivity contribution in [2.75, 3.05) is 0 Å². The molecule has 0 spiro atoms. The highest BCUT2D eigenvalue weighted by Gasteiger charge is 2.45. The van der Waals surface area contributed by atoms with Gasteiger partial charge >= 0.3 is 5.97 Å². The smallest absolute Gasteiger partial charge is 0.326 e. The first-order chi connectivity index (χ1) is 20.1. The van der Waals surface area contributed by atoms with Crippen LogP contribution in [0.4, 0.5) is 0 Å². The molecular weight excluding hydrogens is 506 g/mol. The molecule has 0 saturated heterocycles. The summed E-state index contributed by atoms with van der Waals surface area (Å²) in [6.45, 7) is 0. The summed E-state index contributed by atoms with van der Waals surface area (Å²) in [5.74, 6) is -1.48. The summed E-state index contributed by atoms with van der Waals surface area (Å²) in [5.41, 5.74) is 1.91. The van der Waals surface area contributed by atoms with Gasteiger partial charge in [-0.1, -0.05) is 140 Å². The van der Waals surface area contributed by atoms with E-state index in [0.717, 1.165) is 43.8 Å². The zero-order valence-corrected chi connectivity index (χ0v) is 22.4. The number of amides is 1. The van der Waals surface area contributed by atoms with Crippen molar-refractivity contribution in [1.29, 1.82) is 0 Å². The van der Waals surface area contributed by atoms with E-state index in [1.807, 2.05) is 140 Å². The Hall–Kier alpha value is -5.22. The molecule has 0 aliphatic rings. The van der Waals surface area contributed by atoms with Gasteiger partial charge in [0.25, 0.3) is 0 Å². The Labute approximate surface area is 238 Å². The van der Waals surface area contributed by atoms with Gasteiger partial charge in [-0.15, -0.1) is 0 Å². The Morgan fingerprint density at radius 2 is 0.976 bits per heavy atom. The second kappa shape index (κ2) is 11.1. The molecule has 4 nitrogen and oxygen atoms in total. The minimum Gasteiger partial charge on any atom is -0.480 e. The third-order valence-electron chi connectivity index (χ3n) is 7.86. The quantitative estimate of drug-likeness (QED) is 0.161. The molecule has 6 aromatic carbocycles. The number of fused-ring (bicyclic) bond motifs is 2. The number of carboxylic acid groups (broad SMARTS) is 1. The zero-order chi connectivity index (χ0) is 28.2. The number of nitrogens with one attached hydrogen (secondary N) is 1. The Morgan fingerprint density at radius 1 is 0.585 bits per heavy atom. The molecule has 1 atom stereocenters. The molecule has 0 fully saturated rings. The van der Waals surface area contributed by atoms with Crippen molar-refractivity contribution in [1.82, 2.24) is 5.32 Å². The van der Waals surface area contributed by atoms with Gasteiger partial charge in [0.2, 0.25) is 5.91 Å². The lowest BCUT2D eigenvalue weighted by Crippen LogP contribution is -2.52. The van der Waals surface area contributed by atoms with Crippen LogP contribution in [0.2, 0.25) is 0 Å². The van der Waals surface area contributed by atoms with Gasteiger partial charge in [-0.3, -0.25) is 4.79 Å². The van der Waals surface area contributed by atoms with E-state index in [1.165, 1.54) is 0 Å². The van der Waals surface area contributed by atoms with E-state index >= 15 is 0 Å². The molecule has 41 heavy (non-hydrogen) atoms. The fourth-order valence-corrected chi connectivity index (χ4v) is 5.96. The maximum absolute atomic E-state index is 14.7. The molecule has 0 aliphatic heterocycles. The molecule has 0 aliphatic carbocycles. The van der Waals surface area contributed by atoms with Crippen LogP contribution in [-0.2, 0) is 21.4 Å². The summed E-state index contributed by atoms with van der Waals surface area (Å²) in [7, 11) is 0. The third-order valence-corrected chi connectivity index (χ3v) is 7.86. The largest absolute Gasteiger partial charge is 0.480 e. The standard InChI is InChI=1S/C37H29NO3/c39-35(40)34(25-33-31-22-12-10-14-26(31)24-27-15-11-13-23-32(27)33)38-36(41)37(28-16-4-1-5-17-28,29-18-6-2-7-19-29)30-20-8-3-9-21-30/h1-24,34H,25H2,(H,38,41)(H,39,40)/t34-/m1/s1. The summed E-state index contributed by atoms with van der Waals surface area (Å²) in [6.07, 6.45) is 0.136. The van der Waals surface area contributed by atoms with Crippen LogP contribution >= 0.6 is 0 Å². The molecule has 2 N–H and O–H groups in total. The predicted molar refractivity (Wildman–Crippen MR) is 164 cm³/mol. The van der Waals surface area contributed by atoms with Crippen molar-refractivity contribution in [3.63, 3.8) is 0 Å². The van der Waals surface area contributed by atoms with Crippen LogP contribution in [0.25, 0.3) is 21.5 Å². The number of rotatable bonds is 8. The molecular formula is C37H29NO3. The first-order valence-corrected chi connectivity index (χ1v) is 13.7. The van der Waals surface area contributed by atoms with E-state index in [1.54, 1.807) is 0 Å². The maximum Gasteiger partial charge on any atom is 0.326 e. The molecule has 0 bridgehead atoms. The molecule has 6 rings (SSSR count). The van der Waals surface area contributed by atoms with Gasteiger partial charge in [-0.2, -0.15) is 0 Å². The lowest BCUT2D eigenvalue weighted by molar-refractivity contribution is -0.142. The van der Waals surface area contributed by atoms with Crippen LogP contribution in [0.15, 0.2) is 146 Å². The minimum absolute atomic E-state index is 0.136. The fraction of sp³-hybridized carbons (Fsp3) is 0.0811. The zero-order valence-electron chi connectivity index (χ0n) is 22.4. The van der Waals surface area contributed by atoms with E-state index in [4.69, 9.17) is 0 Å². The molecule has 4 heteroatoms. The van der Waals surface area contributed by atoms with Crippen LogP contribution in [0.1, 0.15) is 22.3 Å². The summed E-state index contributed by atoms with van der Waals surface area (Å²) in [6, 6.07) is 45.6. The normalized spacial score (nSPS) is 12.2. The fourth-order valence-electron chi connectivity index (χ4n) is 5.96. The number of benzene rings is 6. The molecule has 0 radical (unpaired) electrons. The van der Waals surface area contributed by atoms with E-state index in [2.05, 4.69) is 11.4 Å². The van der Waals surface area contributed by atoms with Gasteiger partial charge in [0.15, 0.2) is 0 Å². The van der Waals surface area contributed by atoms with Crippen molar-refractivity contribution < 1.29 is 14.7 Å². The van der Waals surface area contributed by atoms with Crippen LogP contribution in [0.3, 0.4) is 0 Å². The highest BCUT2D eigenvalue weighted by molar-refractivity contribution is 6.03. The number of carbonyl (C=O) groups excluding carboxylic acids is 1. The summed E-state index contributed by atoms with van der Waals surface area (Å²) >= 11 is 0. The number of hydrogen-bond donors (Lipinski definition) is 2. The van der Waals surface area contributed by atoms with E-state index in [0.29, 0.717) is 0 Å². The maximum atomic E-state index is 14.7. The minimum atomic E-state index is -1.27. The predicted octanol–water partition coefficient (Wildman–Crippen LogP) is 7.14. The van der Waals surface area contributed by atoms with Crippen molar-refractivity contribution in [3.05, 3.63) is 168 Å². The Bertz CT molecular complexity index is 1680. The van der Waals surface area contributed by atoms with E-state index in [-0.39, 0.29) is 6.42 Å². The second-order valence-electron chi connectivity index (χ2n) is 10.2. The molecule has 0 heterocycles.